The Morgan fingerprint density at radius 3 is 2.84 bits per heavy atom. The number of hydrogen-bond acceptors (Lipinski definition) is 3. The highest BCUT2D eigenvalue weighted by atomic mass is 16.4. The fourth-order valence-electron chi connectivity index (χ4n) is 2.70. The molecule has 0 aliphatic carbocycles. The van der Waals surface area contributed by atoms with Crippen molar-refractivity contribution < 1.29 is 9.90 Å². The van der Waals surface area contributed by atoms with Gasteiger partial charge in [-0.05, 0) is 44.5 Å². The molecule has 104 valence electrons. The second-order valence-corrected chi connectivity index (χ2v) is 5.64. The molecule has 0 amide bonds. The highest BCUT2D eigenvalue weighted by molar-refractivity contribution is 5.88. The summed E-state index contributed by atoms with van der Waals surface area (Å²) in [5.41, 5.74) is 1.23. The first-order chi connectivity index (χ1) is 8.97. The van der Waals surface area contributed by atoms with Crippen LogP contribution in [0.3, 0.4) is 0 Å². The van der Waals surface area contributed by atoms with E-state index in [0.29, 0.717) is 23.6 Å². The summed E-state index contributed by atoms with van der Waals surface area (Å²) in [5.74, 6) is -0.330. The Hall–Kier alpha value is -1.55. The van der Waals surface area contributed by atoms with Gasteiger partial charge >= 0.3 is 5.97 Å². The van der Waals surface area contributed by atoms with Crippen LogP contribution in [0.25, 0.3) is 0 Å². The Bertz CT molecular complexity index is 461. The number of hydrogen-bond donors (Lipinski definition) is 2. The van der Waals surface area contributed by atoms with Gasteiger partial charge in [-0.1, -0.05) is 13.0 Å². The standard InChI is InChI=1S/C15H22N2O2/c1-10-9-17(3)11(2)7-14(10)16-13-6-4-5-12(8-13)15(18)19/h4-6,8,10-11,14,16H,7,9H2,1-3H3,(H,18,19). The van der Waals surface area contributed by atoms with Crippen LogP contribution in [0.5, 0.6) is 0 Å². The average Bonchev–Trinajstić information content (AvgIpc) is 2.36. The number of piperidine rings is 1. The molecule has 1 heterocycles. The Kier molecular flexibility index (Phi) is 4.10. The zero-order valence-corrected chi connectivity index (χ0v) is 11.8. The summed E-state index contributed by atoms with van der Waals surface area (Å²) in [6, 6.07) is 8.00. The largest absolute Gasteiger partial charge is 0.478 e. The lowest BCUT2D eigenvalue weighted by Gasteiger charge is -2.40. The number of anilines is 1. The number of rotatable bonds is 3. The zero-order chi connectivity index (χ0) is 14.0. The lowest BCUT2D eigenvalue weighted by Crippen LogP contribution is -2.48. The van der Waals surface area contributed by atoms with Gasteiger partial charge in [0.2, 0.25) is 0 Å². The summed E-state index contributed by atoms with van der Waals surface area (Å²) in [6.45, 7) is 5.53. The zero-order valence-electron chi connectivity index (χ0n) is 11.8. The third-order valence-electron chi connectivity index (χ3n) is 4.07. The monoisotopic (exact) mass is 262 g/mol. The normalized spacial score (nSPS) is 28.1. The van der Waals surface area contributed by atoms with Gasteiger partial charge in [0, 0.05) is 24.3 Å². The van der Waals surface area contributed by atoms with Crippen LogP contribution in [-0.2, 0) is 0 Å². The van der Waals surface area contributed by atoms with Crippen molar-refractivity contribution in [3.05, 3.63) is 29.8 Å². The first kappa shape index (κ1) is 13.9. The quantitative estimate of drug-likeness (QED) is 0.879. The van der Waals surface area contributed by atoms with Crippen molar-refractivity contribution in [2.75, 3.05) is 18.9 Å². The van der Waals surface area contributed by atoms with Crippen molar-refractivity contribution in [2.45, 2.75) is 32.4 Å². The summed E-state index contributed by atoms with van der Waals surface area (Å²) in [4.78, 5) is 13.3. The second-order valence-electron chi connectivity index (χ2n) is 5.64. The first-order valence-electron chi connectivity index (χ1n) is 6.77. The molecular weight excluding hydrogens is 240 g/mol. The lowest BCUT2D eigenvalue weighted by atomic mass is 9.89. The molecule has 2 rings (SSSR count). The maximum Gasteiger partial charge on any atom is 0.335 e. The highest BCUT2D eigenvalue weighted by Crippen LogP contribution is 2.24. The number of nitrogens with one attached hydrogen (secondary N) is 1. The first-order valence-corrected chi connectivity index (χ1v) is 6.77. The Morgan fingerprint density at radius 1 is 1.42 bits per heavy atom. The van der Waals surface area contributed by atoms with Crippen molar-refractivity contribution in [2.24, 2.45) is 5.92 Å². The van der Waals surface area contributed by atoms with E-state index in [1.165, 1.54) is 0 Å². The highest BCUT2D eigenvalue weighted by Gasteiger charge is 2.28. The van der Waals surface area contributed by atoms with Gasteiger partial charge < -0.3 is 15.3 Å². The smallest absolute Gasteiger partial charge is 0.335 e. The van der Waals surface area contributed by atoms with Gasteiger partial charge in [-0.15, -0.1) is 0 Å². The van der Waals surface area contributed by atoms with Gasteiger partial charge in [0.1, 0.15) is 0 Å². The van der Waals surface area contributed by atoms with Gasteiger partial charge in [-0.2, -0.15) is 0 Å². The number of benzene rings is 1. The summed E-state index contributed by atoms with van der Waals surface area (Å²) in [7, 11) is 2.16. The summed E-state index contributed by atoms with van der Waals surface area (Å²) < 4.78 is 0. The molecule has 1 aliphatic rings. The van der Waals surface area contributed by atoms with Gasteiger partial charge in [-0.25, -0.2) is 4.79 Å². The van der Waals surface area contributed by atoms with Crippen molar-refractivity contribution in [1.29, 1.82) is 0 Å². The predicted octanol–water partition coefficient (Wildman–Crippen LogP) is 2.53. The molecule has 0 aromatic heterocycles. The van der Waals surface area contributed by atoms with E-state index in [2.05, 4.69) is 31.1 Å². The van der Waals surface area contributed by atoms with Crippen molar-refractivity contribution in [3.63, 3.8) is 0 Å². The van der Waals surface area contributed by atoms with E-state index >= 15 is 0 Å². The minimum atomic E-state index is -0.881. The minimum Gasteiger partial charge on any atom is -0.478 e. The SMILES string of the molecule is CC1CN(C)C(C)CC1Nc1cccc(C(=O)O)c1. The van der Waals surface area contributed by atoms with Crippen molar-refractivity contribution >= 4 is 11.7 Å². The fraction of sp³-hybridized carbons (Fsp3) is 0.533. The van der Waals surface area contributed by atoms with E-state index in [1.54, 1.807) is 18.2 Å². The van der Waals surface area contributed by atoms with E-state index in [-0.39, 0.29) is 0 Å². The topological polar surface area (TPSA) is 52.6 Å². The van der Waals surface area contributed by atoms with E-state index in [9.17, 15) is 4.79 Å². The van der Waals surface area contributed by atoms with E-state index in [0.717, 1.165) is 18.7 Å². The molecule has 3 unspecified atom stereocenters. The molecule has 1 aromatic carbocycles. The number of carboxylic acid groups (broad SMARTS) is 1. The summed E-state index contributed by atoms with van der Waals surface area (Å²) >= 11 is 0. The van der Waals surface area contributed by atoms with Crippen LogP contribution in [0.4, 0.5) is 5.69 Å². The number of carboxylic acids is 1. The molecule has 0 saturated carbocycles. The lowest BCUT2D eigenvalue weighted by molar-refractivity contribution is 0.0697. The van der Waals surface area contributed by atoms with Gasteiger partial charge in [0.05, 0.1) is 5.56 Å². The molecule has 1 aliphatic heterocycles. The predicted molar refractivity (Wildman–Crippen MR) is 76.7 cm³/mol. The van der Waals surface area contributed by atoms with E-state index < -0.39 is 5.97 Å². The molecule has 3 atom stereocenters. The van der Waals surface area contributed by atoms with Gasteiger partial charge in [0.25, 0.3) is 0 Å². The number of nitrogens with zero attached hydrogens (tertiary/aromatic N) is 1. The molecule has 1 fully saturated rings. The molecular formula is C15H22N2O2. The van der Waals surface area contributed by atoms with Crippen LogP contribution in [0.2, 0.25) is 0 Å². The fourth-order valence-corrected chi connectivity index (χ4v) is 2.70. The van der Waals surface area contributed by atoms with Crippen LogP contribution in [-0.4, -0.2) is 41.7 Å². The Labute approximate surface area is 114 Å². The third-order valence-corrected chi connectivity index (χ3v) is 4.07. The Morgan fingerprint density at radius 2 is 2.16 bits per heavy atom. The van der Waals surface area contributed by atoms with Crippen LogP contribution in [0.15, 0.2) is 24.3 Å². The summed E-state index contributed by atoms with van der Waals surface area (Å²) in [6.07, 6.45) is 1.08. The molecule has 0 radical (unpaired) electrons. The summed E-state index contributed by atoms with van der Waals surface area (Å²) in [5, 5.41) is 12.5. The molecule has 0 bridgehead atoms. The Balaban J connectivity index is 2.08. The van der Waals surface area contributed by atoms with Crippen LogP contribution in [0, 0.1) is 5.92 Å². The maximum atomic E-state index is 11.0. The number of carbonyl (C=O) groups is 1. The second kappa shape index (κ2) is 5.61. The molecule has 1 saturated heterocycles. The van der Waals surface area contributed by atoms with Crippen LogP contribution >= 0.6 is 0 Å². The van der Waals surface area contributed by atoms with Gasteiger partial charge in [-0.3, -0.25) is 0 Å². The maximum absolute atomic E-state index is 11.0. The van der Waals surface area contributed by atoms with Crippen molar-refractivity contribution in [3.8, 4) is 0 Å². The molecule has 4 nitrogen and oxygen atoms in total. The van der Waals surface area contributed by atoms with Crippen LogP contribution in [0.1, 0.15) is 30.6 Å². The van der Waals surface area contributed by atoms with E-state index in [4.69, 9.17) is 5.11 Å². The number of likely N-dealkylation sites (tertiary alicyclic amines) is 1. The molecule has 2 N–H and O–H groups in total. The molecule has 4 heteroatoms. The molecule has 19 heavy (non-hydrogen) atoms. The number of aromatic carboxylic acids is 1. The van der Waals surface area contributed by atoms with E-state index in [1.807, 2.05) is 6.07 Å². The third kappa shape index (κ3) is 3.26. The minimum absolute atomic E-state index is 0.332. The molecule has 0 spiro atoms. The van der Waals surface area contributed by atoms with Crippen molar-refractivity contribution in [1.82, 2.24) is 4.90 Å². The average molecular weight is 262 g/mol. The molecule has 1 aromatic rings. The van der Waals surface area contributed by atoms with Crippen LogP contribution < -0.4 is 5.32 Å². The van der Waals surface area contributed by atoms with Gasteiger partial charge in [0.15, 0.2) is 0 Å².